The molecular weight excluding hydrogens is 403 g/mol. The molecule has 5 nitrogen and oxygen atoms in total. The van der Waals surface area contributed by atoms with Gasteiger partial charge in [-0.25, -0.2) is 0 Å². The Bertz CT molecular complexity index is 1080. The fraction of sp³-hybridized carbons (Fsp3) is 0.158. The summed E-state index contributed by atoms with van der Waals surface area (Å²) in [5.74, 6) is 1.08. The summed E-state index contributed by atoms with van der Waals surface area (Å²) in [5.41, 5.74) is 9.52. The van der Waals surface area contributed by atoms with Crippen LogP contribution in [-0.2, 0) is 12.2 Å². The zero-order valence-electron chi connectivity index (χ0n) is 14.2. The largest absolute Gasteiger partial charge is 0.414 e. The van der Waals surface area contributed by atoms with Gasteiger partial charge in [0.05, 0.1) is 16.1 Å². The molecule has 0 spiro atoms. The van der Waals surface area contributed by atoms with Crippen molar-refractivity contribution >= 4 is 45.9 Å². The van der Waals surface area contributed by atoms with Gasteiger partial charge in [-0.2, -0.15) is 0 Å². The molecule has 0 fully saturated rings. The Labute approximate surface area is 170 Å². The van der Waals surface area contributed by atoms with E-state index < -0.39 is 0 Å². The predicted octanol–water partition coefficient (Wildman–Crippen LogP) is 5.39. The van der Waals surface area contributed by atoms with E-state index in [4.69, 9.17) is 33.4 Å². The molecule has 3 N–H and O–H groups in total. The molecule has 4 aromatic rings. The zero-order valence-corrected chi connectivity index (χ0v) is 16.5. The summed E-state index contributed by atoms with van der Waals surface area (Å²) in [5, 5.41) is 10.9. The quantitative estimate of drug-likeness (QED) is 0.410. The number of aromatic amines is 1. The second-order valence-electron chi connectivity index (χ2n) is 6.11. The van der Waals surface area contributed by atoms with Crippen LogP contribution >= 0.6 is 35.0 Å². The third-order valence-corrected chi connectivity index (χ3v) is 5.83. The fourth-order valence-corrected chi connectivity index (χ4v) is 3.86. The van der Waals surface area contributed by atoms with Crippen molar-refractivity contribution in [1.82, 2.24) is 15.2 Å². The van der Waals surface area contributed by atoms with Gasteiger partial charge in [-0.05, 0) is 35.7 Å². The van der Waals surface area contributed by atoms with E-state index in [1.54, 1.807) is 6.07 Å². The molecule has 0 amide bonds. The van der Waals surface area contributed by atoms with Gasteiger partial charge >= 0.3 is 0 Å². The van der Waals surface area contributed by atoms with Gasteiger partial charge in [-0.1, -0.05) is 59.2 Å². The van der Waals surface area contributed by atoms with Crippen molar-refractivity contribution in [2.45, 2.75) is 23.4 Å². The van der Waals surface area contributed by atoms with E-state index in [0.717, 1.165) is 22.0 Å². The van der Waals surface area contributed by atoms with Crippen LogP contribution in [0, 0.1) is 0 Å². The van der Waals surface area contributed by atoms with Crippen LogP contribution in [0.5, 0.6) is 0 Å². The maximum atomic E-state index is 6.28. The summed E-state index contributed by atoms with van der Waals surface area (Å²) < 4.78 is 5.73. The Hall–Kier alpha value is -1.99. The lowest BCUT2D eigenvalue weighted by atomic mass is 10.1. The lowest BCUT2D eigenvalue weighted by molar-refractivity contribution is 0.385. The average molecular weight is 419 g/mol. The molecule has 27 heavy (non-hydrogen) atoms. The molecule has 0 bridgehead atoms. The minimum atomic E-state index is -0.365. The molecule has 0 aliphatic rings. The second kappa shape index (κ2) is 7.94. The van der Waals surface area contributed by atoms with Gasteiger partial charge in [-0.3, -0.25) is 0 Å². The summed E-state index contributed by atoms with van der Waals surface area (Å²) >= 11 is 13.4. The Morgan fingerprint density at radius 2 is 1.96 bits per heavy atom. The fourth-order valence-electron chi connectivity index (χ4n) is 2.83. The molecule has 138 valence electrons. The third-order valence-electron chi connectivity index (χ3n) is 4.20. The van der Waals surface area contributed by atoms with Gasteiger partial charge in [-0.15, -0.1) is 10.2 Å². The smallest absolute Gasteiger partial charge is 0.276 e. The van der Waals surface area contributed by atoms with Crippen LogP contribution in [0.4, 0.5) is 0 Å². The van der Waals surface area contributed by atoms with Crippen LogP contribution < -0.4 is 5.73 Å². The number of benzene rings is 2. The number of thioether (sulfide) groups is 1. The maximum Gasteiger partial charge on any atom is 0.276 e. The van der Waals surface area contributed by atoms with Gasteiger partial charge in [0.2, 0.25) is 5.89 Å². The van der Waals surface area contributed by atoms with Crippen molar-refractivity contribution in [3.63, 3.8) is 0 Å². The van der Waals surface area contributed by atoms with E-state index in [1.165, 1.54) is 11.8 Å². The van der Waals surface area contributed by atoms with Gasteiger partial charge < -0.3 is 15.1 Å². The Morgan fingerprint density at radius 3 is 2.81 bits per heavy atom. The van der Waals surface area contributed by atoms with E-state index in [-0.39, 0.29) is 6.04 Å². The van der Waals surface area contributed by atoms with Crippen molar-refractivity contribution in [2.75, 3.05) is 0 Å². The molecule has 1 atom stereocenters. The van der Waals surface area contributed by atoms with E-state index >= 15 is 0 Å². The van der Waals surface area contributed by atoms with Gasteiger partial charge in [0.25, 0.3) is 5.22 Å². The normalized spacial score (nSPS) is 12.6. The van der Waals surface area contributed by atoms with Crippen LogP contribution in [0.3, 0.4) is 0 Å². The van der Waals surface area contributed by atoms with Crippen molar-refractivity contribution in [2.24, 2.45) is 5.73 Å². The molecule has 8 heteroatoms. The lowest BCUT2D eigenvalue weighted by Gasteiger charge is -2.05. The molecule has 4 rings (SSSR count). The number of nitrogens with two attached hydrogens (primary N) is 1. The van der Waals surface area contributed by atoms with Gasteiger partial charge in [0.1, 0.15) is 0 Å². The van der Waals surface area contributed by atoms with E-state index in [0.29, 0.717) is 33.3 Å². The molecule has 0 saturated heterocycles. The van der Waals surface area contributed by atoms with Gasteiger partial charge in [0.15, 0.2) is 0 Å². The molecule has 0 saturated carbocycles. The molecule has 0 radical (unpaired) electrons. The molecule has 2 aromatic carbocycles. The van der Waals surface area contributed by atoms with Crippen LogP contribution in [0.25, 0.3) is 10.9 Å². The van der Waals surface area contributed by atoms with Crippen molar-refractivity contribution in [3.8, 4) is 0 Å². The number of hydrogen-bond acceptors (Lipinski definition) is 5. The van der Waals surface area contributed by atoms with Crippen molar-refractivity contribution in [1.29, 1.82) is 0 Å². The molecule has 0 aliphatic heterocycles. The van der Waals surface area contributed by atoms with Gasteiger partial charge in [0, 0.05) is 22.9 Å². The maximum absolute atomic E-state index is 6.28. The standard InChI is InChI=1S/C19H16Cl2N4OS/c20-14-6-5-11(7-15(14)21)10-27-19-25-24-18(26-19)16(22)8-12-9-23-17-4-2-1-3-13(12)17/h1-7,9,16,23H,8,10,22H2. The number of nitrogens with one attached hydrogen (secondary N) is 1. The van der Waals surface area contributed by atoms with Crippen molar-refractivity contribution in [3.05, 3.63) is 75.7 Å². The predicted molar refractivity (Wildman–Crippen MR) is 109 cm³/mol. The zero-order chi connectivity index (χ0) is 18.8. The summed E-state index contributed by atoms with van der Waals surface area (Å²) in [4.78, 5) is 3.25. The Balaban J connectivity index is 1.41. The van der Waals surface area contributed by atoms with Crippen LogP contribution in [0.1, 0.15) is 23.1 Å². The highest BCUT2D eigenvalue weighted by atomic mass is 35.5. The molecular formula is C19H16Cl2N4OS. The van der Waals surface area contributed by atoms with E-state index in [9.17, 15) is 0 Å². The number of halogens is 2. The topological polar surface area (TPSA) is 80.7 Å². The number of fused-ring (bicyclic) bond motifs is 1. The summed E-state index contributed by atoms with van der Waals surface area (Å²) in [6, 6.07) is 13.3. The third kappa shape index (κ3) is 4.14. The first-order valence-electron chi connectivity index (χ1n) is 8.31. The van der Waals surface area contributed by atoms with Crippen LogP contribution in [0.2, 0.25) is 10.0 Å². The first-order chi connectivity index (χ1) is 13.1. The monoisotopic (exact) mass is 418 g/mol. The number of hydrogen-bond donors (Lipinski definition) is 2. The first-order valence-corrected chi connectivity index (χ1v) is 10.0. The van der Waals surface area contributed by atoms with Crippen LogP contribution in [-0.4, -0.2) is 15.2 Å². The minimum absolute atomic E-state index is 0.365. The lowest BCUT2D eigenvalue weighted by Crippen LogP contribution is -2.13. The number of aromatic nitrogens is 3. The van der Waals surface area contributed by atoms with E-state index in [1.807, 2.05) is 36.5 Å². The Kier molecular flexibility index (Phi) is 5.41. The summed E-state index contributed by atoms with van der Waals surface area (Å²) in [6.45, 7) is 0. The first kappa shape index (κ1) is 18.4. The number of H-pyrrole nitrogens is 1. The molecule has 2 aromatic heterocycles. The molecule has 0 aliphatic carbocycles. The molecule has 1 unspecified atom stereocenters. The van der Waals surface area contributed by atoms with E-state index in [2.05, 4.69) is 21.2 Å². The highest BCUT2D eigenvalue weighted by molar-refractivity contribution is 7.98. The average Bonchev–Trinajstić information content (AvgIpc) is 3.30. The SMILES string of the molecule is NC(Cc1c[nH]c2ccccc12)c1nnc(SCc2ccc(Cl)c(Cl)c2)o1. The number of para-hydroxylation sites is 1. The second-order valence-corrected chi connectivity index (χ2v) is 7.85. The number of rotatable bonds is 6. The highest BCUT2D eigenvalue weighted by Crippen LogP contribution is 2.28. The highest BCUT2D eigenvalue weighted by Gasteiger charge is 2.17. The molecule has 2 heterocycles. The minimum Gasteiger partial charge on any atom is -0.414 e. The van der Waals surface area contributed by atoms with Crippen LogP contribution in [0.15, 0.2) is 58.3 Å². The van der Waals surface area contributed by atoms with Crippen molar-refractivity contribution < 1.29 is 4.42 Å². The Morgan fingerprint density at radius 1 is 1.11 bits per heavy atom. The number of nitrogens with zero attached hydrogens (tertiary/aromatic N) is 2. The summed E-state index contributed by atoms with van der Waals surface area (Å²) in [6.07, 6.45) is 2.59. The summed E-state index contributed by atoms with van der Waals surface area (Å²) in [7, 11) is 0.